The number of rotatable bonds is 15. The Hall–Kier alpha value is -6.28. The second kappa shape index (κ2) is 22.5. The number of piperidine rings is 2. The molecule has 4 aliphatic heterocycles. The van der Waals surface area contributed by atoms with Gasteiger partial charge >= 0.3 is 6.03 Å². The monoisotopic (exact) mass is 1100 g/mol. The highest BCUT2D eigenvalue weighted by Crippen LogP contribution is 2.57. The van der Waals surface area contributed by atoms with Crippen LogP contribution in [0.25, 0.3) is 22.0 Å². The van der Waals surface area contributed by atoms with Gasteiger partial charge < -0.3 is 30.5 Å². The van der Waals surface area contributed by atoms with Crippen LogP contribution < -0.4 is 30.7 Å². The Bertz CT molecular complexity index is 3120. The molecule has 416 valence electrons. The molecule has 20 heteroatoms. The van der Waals surface area contributed by atoms with Gasteiger partial charge in [0.25, 0.3) is 0 Å². The number of primary amides is 1. The second-order valence-electron chi connectivity index (χ2n) is 22.1. The molecule has 1 aromatic heterocycles. The highest BCUT2D eigenvalue weighted by molar-refractivity contribution is 6.34. The topological polar surface area (TPSA) is 185 Å². The number of aliphatic hydroxyl groups is 1. The van der Waals surface area contributed by atoms with E-state index in [2.05, 4.69) is 34.5 Å². The van der Waals surface area contributed by atoms with E-state index in [1.807, 2.05) is 42.2 Å². The van der Waals surface area contributed by atoms with E-state index >= 15 is 17.6 Å². The summed E-state index contributed by atoms with van der Waals surface area (Å²) >= 11 is 6.73. The first-order chi connectivity index (χ1) is 37.4. The number of aliphatic hydroxyl groups excluding tert-OH is 1. The Morgan fingerprint density at radius 3 is 2.27 bits per heavy atom. The third kappa shape index (κ3) is 10.1. The van der Waals surface area contributed by atoms with Gasteiger partial charge in [0.05, 0.1) is 22.6 Å². The zero-order valence-corrected chi connectivity index (χ0v) is 45.1. The number of carbonyl (C=O) groups is 4. The second-order valence-corrected chi connectivity index (χ2v) is 22.5. The molecule has 3 unspecified atom stereocenters. The average molecular weight is 1100 g/mol. The number of likely N-dealkylation sites (tertiary alicyclic amines) is 2. The molecular weight excluding hydrogens is 1030 g/mol. The molecule has 5 aromatic rings. The Balaban J connectivity index is 0.764. The normalized spacial score (nSPS) is 22.9. The Morgan fingerprint density at radius 2 is 1.62 bits per heavy atom. The first kappa shape index (κ1) is 55.1. The van der Waals surface area contributed by atoms with Crippen LogP contribution in [-0.2, 0) is 22.2 Å². The fourth-order valence-electron chi connectivity index (χ4n) is 13.5. The summed E-state index contributed by atoms with van der Waals surface area (Å²) < 4.78 is 78.5. The van der Waals surface area contributed by atoms with Gasteiger partial charge in [0.1, 0.15) is 29.5 Å². The lowest BCUT2D eigenvalue weighted by Gasteiger charge is -2.46. The third-order valence-corrected chi connectivity index (χ3v) is 17.7. The molecule has 1 aliphatic carbocycles. The molecule has 78 heavy (non-hydrogen) atoms. The fourth-order valence-corrected chi connectivity index (χ4v) is 13.7. The van der Waals surface area contributed by atoms with Crippen molar-refractivity contribution >= 4 is 52.1 Å². The lowest BCUT2D eigenvalue weighted by molar-refractivity contribution is -0.138. The van der Waals surface area contributed by atoms with E-state index in [9.17, 15) is 24.3 Å². The molecule has 3 saturated heterocycles. The van der Waals surface area contributed by atoms with Crippen LogP contribution in [0.3, 0.4) is 0 Å². The molecular formula is C58H67ClF4N8O7. The van der Waals surface area contributed by atoms with Crippen molar-refractivity contribution in [3.8, 4) is 22.6 Å². The SMILES string of the molecule is CC(C)C(C1CCN(C(=O)C2CCC(NCC3(c4ccccc4)Oc4cc(F)c(Cl)c(-c5c(C(N)=O)ccc(OCCO)c5F)c4C3C)CC2)CC1)N1CCC(c2c(F)cc3c(N4CCC(=O)NC4=O)nn(C)c3c2F)CC1. The summed E-state index contributed by atoms with van der Waals surface area (Å²) in [4.78, 5) is 57.2. The summed E-state index contributed by atoms with van der Waals surface area (Å²) in [6.45, 7) is 8.71. The van der Waals surface area contributed by atoms with Crippen molar-refractivity contribution in [1.82, 2.24) is 30.2 Å². The van der Waals surface area contributed by atoms with Crippen molar-refractivity contribution in [2.75, 3.05) is 57.4 Å². The van der Waals surface area contributed by atoms with Crippen LogP contribution in [0.4, 0.5) is 28.2 Å². The van der Waals surface area contributed by atoms with Gasteiger partial charge in [-0.25, -0.2) is 22.4 Å². The lowest BCUT2D eigenvalue weighted by Crippen LogP contribution is -2.52. The number of fused-ring (bicyclic) bond motifs is 2. The van der Waals surface area contributed by atoms with E-state index in [-0.39, 0.29) is 106 Å². The molecule has 5 N–H and O–H groups in total. The number of amides is 5. The minimum absolute atomic E-state index is 0.0250. The Morgan fingerprint density at radius 1 is 0.910 bits per heavy atom. The standard InChI is InChI=1S/C58H67ClF4N8O7/c1-31(2)52(69-21-16-33(17-22-69)46-40(60)28-39-53(51(46)63)68(4)67-55(39)71-25-20-44(73)66-57(71)76)34-18-23-70(24-19-34)56(75)35-10-12-37(13-11-35)65-30-58(36-8-6-5-7-9-36)32(3)45-43(78-58)29-41(61)49(59)48(45)47-38(54(64)74)14-15-42(50(47)62)77-27-26-72/h5-9,14-15,28-29,31-35,37,52,65,72H,10-13,16-27,30H2,1-4H3,(H2,64,74)(H,66,73,76). The first-order valence-electron chi connectivity index (χ1n) is 27.3. The molecule has 0 spiro atoms. The van der Waals surface area contributed by atoms with Gasteiger partial charge in [-0.1, -0.05) is 62.7 Å². The number of hydrogen-bond acceptors (Lipinski definition) is 10. The van der Waals surface area contributed by atoms with Crippen LogP contribution >= 0.6 is 11.6 Å². The molecule has 0 bridgehead atoms. The molecule has 0 radical (unpaired) electrons. The maximum absolute atomic E-state index is 16.5. The van der Waals surface area contributed by atoms with Gasteiger partial charge in [-0.3, -0.25) is 34.2 Å². The number of aromatic nitrogens is 2. The maximum Gasteiger partial charge on any atom is 0.329 e. The molecule has 1 saturated carbocycles. The zero-order valence-electron chi connectivity index (χ0n) is 44.4. The number of urea groups is 1. The van der Waals surface area contributed by atoms with Crippen LogP contribution in [0.5, 0.6) is 11.5 Å². The van der Waals surface area contributed by atoms with Gasteiger partial charge in [0.2, 0.25) is 17.7 Å². The van der Waals surface area contributed by atoms with E-state index in [1.165, 1.54) is 33.8 Å². The molecule has 4 aromatic carbocycles. The predicted octanol–water partition coefficient (Wildman–Crippen LogP) is 9.05. The van der Waals surface area contributed by atoms with Crippen LogP contribution in [-0.4, -0.2) is 113 Å². The number of ether oxygens (including phenoxy) is 2. The van der Waals surface area contributed by atoms with Gasteiger partial charge in [-0.05, 0) is 106 Å². The number of nitrogens with two attached hydrogens (primary N) is 1. The van der Waals surface area contributed by atoms with Crippen molar-refractivity contribution in [3.05, 3.63) is 105 Å². The first-order valence-corrected chi connectivity index (χ1v) is 27.6. The predicted molar refractivity (Wildman–Crippen MR) is 286 cm³/mol. The number of imide groups is 1. The van der Waals surface area contributed by atoms with Gasteiger partial charge in [0, 0.05) is 91.9 Å². The van der Waals surface area contributed by atoms with Gasteiger partial charge in [-0.2, -0.15) is 5.10 Å². The highest BCUT2D eigenvalue weighted by atomic mass is 35.5. The number of benzene rings is 4. The van der Waals surface area contributed by atoms with Crippen LogP contribution in [0.15, 0.2) is 54.6 Å². The molecule has 3 atom stereocenters. The summed E-state index contributed by atoms with van der Waals surface area (Å²) in [5.74, 6) is -4.83. The number of anilines is 1. The molecule has 10 rings (SSSR count). The maximum atomic E-state index is 16.5. The molecule has 5 amide bonds. The molecule has 5 heterocycles. The molecule has 5 aliphatic rings. The van der Waals surface area contributed by atoms with Crippen LogP contribution in [0.2, 0.25) is 5.02 Å². The number of aryl methyl sites for hydroxylation is 1. The lowest BCUT2D eigenvalue weighted by atomic mass is 9.77. The van der Waals surface area contributed by atoms with E-state index in [0.717, 1.165) is 31.2 Å². The number of carbonyl (C=O) groups excluding carboxylic acids is 4. The fraction of sp³-hybridized carbons (Fsp3) is 0.500. The summed E-state index contributed by atoms with van der Waals surface area (Å²) in [6.07, 6.45) is 5.76. The Kier molecular flexibility index (Phi) is 15.9. The summed E-state index contributed by atoms with van der Waals surface area (Å²) in [5, 5.41) is 19.5. The summed E-state index contributed by atoms with van der Waals surface area (Å²) in [6, 6.07) is 14.0. The molecule has 15 nitrogen and oxygen atoms in total. The van der Waals surface area contributed by atoms with Gasteiger partial charge in [-0.15, -0.1) is 0 Å². The van der Waals surface area contributed by atoms with Crippen LogP contribution in [0, 0.1) is 41.0 Å². The van der Waals surface area contributed by atoms with Crippen LogP contribution in [0.1, 0.15) is 117 Å². The van der Waals surface area contributed by atoms with E-state index in [4.69, 9.17) is 26.8 Å². The third-order valence-electron chi connectivity index (χ3n) is 17.3. The number of halogens is 5. The summed E-state index contributed by atoms with van der Waals surface area (Å²) in [5.41, 5.74) is 5.33. The quantitative estimate of drug-likeness (QED) is 0.0738. The Labute approximate surface area is 455 Å². The largest absolute Gasteiger partial charge is 0.488 e. The molecule has 4 fully saturated rings. The number of hydrogen-bond donors (Lipinski definition) is 4. The average Bonchev–Trinajstić information content (AvgIpc) is 3.89. The van der Waals surface area contributed by atoms with E-state index < -0.39 is 64.3 Å². The minimum atomic E-state index is -1.14. The van der Waals surface area contributed by atoms with Crippen molar-refractivity contribution in [3.63, 3.8) is 0 Å². The van der Waals surface area contributed by atoms with Crippen molar-refractivity contribution < 1.29 is 51.3 Å². The number of nitrogens with zero attached hydrogens (tertiary/aromatic N) is 5. The number of nitrogens with one attached hydrogen (secondary N) is 2. The van der Waals surface area contributed by atoms with E-state index in [1.54, 1.807) is 7.05 Å². The summed E-state index contributed by atoms with van der Waals surface area (Å²) in [7, 11) is 1.56. The van der Waals surface area contributed by atoms with E-state index in [0.29, 0.717) is 69.3 Å². The van der Waals surface area contributed by atoms with Crippen molar-refractivity contribution in [2.45, 2.75) is 108 Å². The highest BCUT2D eigenvalue weighted by Gasteiger charge is 2.51. The van der Waals surface area contributed by atoms with Crippen molar-refractivity contribution in [2.24, 2.45) is 30.5 Å². The van der Waals surface area contributed by atoms with Gasteiger partial charge in [0.15, 0.2) is 28.8 Å². The smallest absolute Gasteiger partial charge is 0.329 e. The minimum Gasteiger partial charge on any atom is -0.488 e. The van der Waals surface area contributed by atoms with Crippen molar-refractivity contribution in [1.29, 1.82) is 0 Å². The zero-order chi connectivity index (χ0) is 55.3.